The molecule has 4 aliphatic rings. The molecule has 10 nitrogen and oxygen atoms in total. The zero-order valence-electron chi connectivity index (χ0n) is 22.5. The molecule has 6 atom stereocenters. The fraction of sp³-hybridized carbons (Fsp3) is 0.379. The van der Waals surface area contributed by atoms with E-state index in [9.17, 15) is 29.2 Å². The Balaban J connectivity index is 1.46. The molecule has 3 N–H and O–H groups in total. The molecule has 1 saturated carbocycles. The molecule has 0 bridgehead atoms. The number of aliphatic hydroxyl groups is 1. The third kappa shape index (κ3) is 4.33. The average Bonchev–Trinajstić information content (AvgIpc) is 3.34. The summed E-state index contributed by atoms with van der Waals surface area (Å²) in [6.45, 7) is -0.0853. The van der Waals surface area contributed by atoms with Gasteiger partial charge < -0.3 is 19.9 Å². The minimum Gasteiger partial charge on any atom is -0.491 e. The fourth-order valence-electron chi connectivity index (χ4n) is 7.13. The van der Waals surface area contributed by atoms with Gasteiger partial charge in [-0.1, -0.05) is 51.8 Å². The van der Waals surface area contributed by atoms with Crippen LogP contribution in [0.15, 0.2) is 60.2 Å². The van der Waals surface area contributed by atoms with E-state index in [4.69, 9.17) is 33.0 Å². The molecule has 2 saturated heterocycles. The third-order valence-electron chi connectivity index (χ3n) is 9.01. The van der Waals surface area contributed by atoms with E-state index in [0.717, 1.165) is 9.80 Å². The van der Waals surface area contributed by atoms with E-state index in [-0.39, 0.29) is 42.7 Å². The summed E-state index contributed by atoms with van der Waals surface area (Å²) < 4.78 is 5.49. The lowest BCUT2D eigenvalue weighted by Gasteiger charge is -2.50. The number of nitrogens with zero attached hydrogens (tertiary/aromatic N) is 2. The van der Waals surface area contributed by atoms with Crippen molar-refractivity contribution in [2.75, 3.05) is 23.6 Å². The largest absolute Gasteiger partial charge is 0.491 e. The normalized spacial score (nSPS) is 31.5. The SMILES string of the molecule is O=C1C2CC=C3C(CC4(Cl)C(=O)N(CBr)C(=O)C4(Cl)C3c3ccc(OCCO)cc3)C2C(=O)N1c1cccc(B(O)O)c1. The van der Waals surface area contributed by atoms with Gasteiger partial charge in [0.25, 0.3) is 11.8 Å². The number of aliphatic hydroxyl groups excluding tert-OH is 1. The smallest absolute Gasteiger partial charge is 0.488 e. The molecule has 224 valence electrons. The molecule has 2 aromatic rings. The van der Waals surface area contributed by atoms with Gasteiger partial charge in [0.05, 0.1) is 29.6 Å². The highest BCUT2D eigenvalue weighted by atomic mass is 79.9. The van der Waals surface area contributed by atoms with Crippen molar-refractivity contribution in [3.8, 4) is 5.75 Å². The Morgan fingerprint density at radius 2 is 1.72 bits per heavy atom. The van der Waals surface area contributed by atoms with Crippen molar-refractivity contribution < 1.29 is 39.1 Å². The van der Waals surface area contributed by atoms with Gasteiger partial charge >= 0.3 is 7.12 Å². The van der Waals surface area contributed by atoms with Crippen molar-refractivity contribution >= 4 is 81.0 Å². The van der Waals surface area contributed by atoms with Crippen LogP contribution in [0.3, 0.4) is 0 Å². The van der Waals surface area contributed by atoms with Crippen LogP contribution < -0.4 is 15.1 Å². The quantitative estimate of drug-likeness (QED) is 0.131. The molecule has 4 amide bonds. The minimum absolute atomic E-state index is 0.0866. The van der Waals surface area contributed by atoms with Gasteiger partial charge in [0.1, 0.15) is 12.4 Å². The molecule has 43 heavy (non-hydrogen) atoms. The molecule has 0 radical (unpaired) electrons. The van der Waals surface area contributed by atoms with Crippen LogP contribution in [-0.4, -0.2) is 79.2 Å². The van der Waals surface area contributed by atoms with Crippen molar-refractivity contribution in [1.82, 2.24) is 4.90 Å². The Hall–Kier alpha value is -2.74. The molecule has 3 fully saturated rings. The number of amides is 4. The Morgan fingerprint density at radius 1 is 1.00 bits per heavy atom. The zero-order valence-corrected chi connectivity index (χ0v) is 25.6. The summed E-state index contributed by atoms with van der Waals surface area (Å²) in [6, 6.07) is 12.6. The Labute approximate surface area is 265 Å². The lowest BCUT2D eigenvalue weighted by Crippen LogP contribution is -2.60. The van der Waals surface area contributed by atoms with Crippen LogP contribution in [0, 0.1) is 17.8 Å². The van der Waals surface area contributed by atoms with Crippen LogP contribution >= 0.6 is 39.1 Å². The second-order valence-corrected chi connectivity index (χ2v) is 12.9. The first-order chi connectivity index (χ1) is 20.5. The maximum atomic E-state index is 14.1. The first-order valence-corrected chi connectivity index (χ1v) is 15.5. The standard InChI is InChI=1S/C29H26BBrCl2N2O8/c31-14-34-26(39)28(32)13-21-19(23(29(28,33)27(34)40)15-4-6-18(7-5-15)43-11-10-36)8-9-20-22(21)25(38)35(24(20)37)17-3-1-2-16(12-17)30(41)42/h1-8,12,20-23,36,41-42H,9-11,13-14H2. The molecule has 2 aromatic carbocycles. The van der Waals surface area contributed by atoms with E-state index in [0.29, 0.717) is 16.9 Å². The predicted molar refractivity (Wildman–Crippen MR) is 161 cm³/mol. The number of carbonyl (C=O) groups excluding carboxylic acids is 4. The summed E-state index contributed by atoms with van der Waals surface area (Å²) in [5.74, 6) is -5.06. The van der Waals surface area contributed by atoms with E-state index >= 15 is 0 Å². The molecule has 2 aliphatic carbocycles. The number of likely N-dealkylation sites (tertiary alicyclic amines) is 1. The van der Waals surface area contributed by atoms with E-state index in [1.54, 1.807) is 24.3 Å². The van der Waals surface area contributed by atoms with Crippen LogP contribution in [0.5, 0.6) is 5.75 Å². The summed E-state index contributed by atoms with van der Waals surface area (Å²) in [7, 11) is -1.79. The highest BCUT2D eigenvalue weighted by molar-refractivity contribution is 9.09. The fourth-order valence-corrected chi connectivity index (χ4v) is 8.55. The zero-order chi connectivity index (χ0) is 30.8. The number of fused-ring (bicyclic) bond motifs is 4. The van der Waals surface area contributed by atoms with Crippen molar-refractivity contribution in [3.63, 3.8) is 0 Å². The predicted octanol–water partition coefficient (Wildman–Crippen LogP) is 1.65. The van der Waals surface area contributed by atoms with Crippen LogP contribution in [-0.2, 0) is 19.2 Å². The number of imide groups is 2. The maximum absolute atomic E-state index is 14.1. The Bertz CT molecular complexity index is 1560. The van der Waals surface area contributed by atoms with Gasteiger partial charge in [-0.3, -0.25) is 29.0 Å². The number of benzene rings is 2. The van der Waals surface area contributed by atoms with Gasteiger partial charge in [0.2, 0.25) is 11.8 Å². The number of allylic oxidation sites excluding steroid dienone is 2. The molecule has 2 heterocycles. The van der Waals surface area contributed by atoms with Crippen LogP contribution in [0.4, 0.5) is 5.69 Å². The number of alkyl halides is 3. The van der Waals surface area contributed by atoms with Gasteiger partial charge in [-0.05, 0) is 54.1 Å². The molecule has 2 aliphatic heterocycles. The van der Waals surface area contributed by atoms with Gasteiger partial charge in [-0.2, -0.15) is 0 Å². The number of hydrogen-bond donors (Lipinski definition) is 3. The number of ether oxygens (including phenoxy) is 1. The Kier molecular flexibility index (Phi) is 7.76. The molecular weight excluding hydrogens is 666 g/mol. The van der Waals surface area contributed by atoms with Crippen molar-refractivity contribution in [3.05, 3.63) is 65.7 Å². The molecular formula is C29H26BBrCl2N2O8. The van der Waals surface area contributed by atoms with Crippen LogP contribution in [0.25, 0.3) is 0 Å². The first kappa shape index (κ1) is 30.3. The first-order valence-electron chi connectivity index (χ1n) is 13.7. The highest BCUT2D eigenvalue weighted by Gasteiger charge is 2.76. The monoisotopic (exact) mass is 690 g/mol. The highest BCUT2D eigenvalue weighted by Crippen LogP contribution is 2.65. The van der Waals surface area contributed by atoms with E-state index in [1.807, 2.05) is 6.08 Å². The van der Waals surface area contributed by atoms with E-state index in [1.165, 1.54) is 24.3 Å². The van der Waals surface area contributed by atoms with E-state index < -0.39 is 64.2 Å². The second-order valence-electron chi connectivity index (χ2n) is 11.1. The summed E-state index contributed by atoms with van der Waals surface area (Å²) in [5.41, 5.74) is 1.42. The number of rotatable bonds is 7. The molecule has 0 aromatic heterocycles. The van der Waals surface area contributed by atoms with Crippen molar-refractivity contribution in [2.24, 2.45) is 17.8 Å². The van der Waals surface area contributed by atoms with Gasteiger partial charge in [0, 0.05) is 5.92 Å². The van der Waals surface area contributed by atoms with Gasteiger partial charge in [0.15, 0.2) is 9.75 Å². The van der Waals surface area contributed by atoms with E-state index in [2.05, 4.69) is 15.9 Å². The minimum atomic E-state index is -1.92. The average molecular weight is 692 g/mol. The Morgan fingerprint density at radius 3 is 2.37 bits per heavy atom. The third-order valence-corrected chi connectivity index (χ3v) is 10.9. The van der Waals surface area contributed by atoms with Crippen LogP contribution in [0.2, 0.25) is 0 Å². The number of anilines is 1. The molecule has 6 unspecified atom stereocenters. The van der Waals surface area contributed by atoms with Crippen molar-refractivity contribution in [1.29, 1.82) is 0 Å². The number of carbonyl (C=O) groups is 4. The summed E-state index contributed by atoms with van der Waals surface area (Å²) in [6.07, 6.45) is 1.89. The summed E-state index contributed by atoms with van der Waals surface area (Å²) in [5, 5.41) is 28.4. The summed E-state index contributed by atoms with van der Waals surface area (Å²) in [4.78, 5) is 53.6. The lowest BCUT2D eigenvalue weighted by atomic mass is 9.56. The second kappa shape index (κ2) is 11.0. The van der Waals surface area contributed by atoms with Gasteiger partial charge in [-0.25, -0.2) is 0 Å². The van der Waals surface area contributed by atoms with Gasteiger partial charge in [-0.15, -0.1) is 23.2 Å². The van der Waals surface area contributed by atoms with Crippen LogP contribution in [0.1, 0.15) is 24.3 Å². The summed E-state index contributed by atoms with van der Waals surface area (Å²) >= 11 is 17.7. The molecule has 0 spiro atoms. The number of halogens is 3. The lowest BCUT2D eigenvalue weighted by molar-refractivity contribution is -0.138. The molecule has 14 heteroatoms. The van der Waals surface area contributed by atoms with Crippen molar-refractivity contribution in [2.45, 2.75) is 28.5 Å². The molecule has 6 rings (SSSR count). The maximum Gasteiger partial charge on any atom is 0.488 e. The topological polar surface area (TPSA) is 145 Å². The number of hydrogen-bond acceptors (Lipinski definition) is 8.